The summed E-state index contributed by atoms with van der Waals surface area (Å²) in [5, 5.41) is 0.567. The monoisotopic (exact) mass is 236 g/mol. The van der Waals surface area contributed by atoms with Gasteiger partial charge in [0.2, 0.25) is 0 Å². The third-order valence-corrected chi connectivity index (χ3v) is 2.48. The van der Waals surface area contributed by atoms with Crippen LogP contribution in [-0.4, -0.2) is 9.79 Å². The smallest absolute Gasteiger partial charge is 0.303 e. The standard InChI is InChI=1S/C8H10ClO4P/c1-6(13-14(10,11)12)7-2-4-8(9)5-3-7/h2-6H,1H3,(H2,10,11,12). The Morgan fingerprint density at radius 3 is 2.29 bits per heavy atom. The van der Waals surface area contributed by atoms with Crippen molar-refractivity contribution in [2.24, 2.45) is 0 Å². The van der Waals surface area contributed by atoms with E-state index < -0.39 is 13.9 Å². The van der Waals surface area contributed by atoms with Crippen LogP contribution in [0.25, 0.3) is 0 Å². The fraction of sp³-hybridized carbons (Fsp3) is 0.250. The molecule has 0 bridgehead atoms. The van der Waals surface area contributed by atoms with Crippen LogP contribution < -0.4 is 0 Å². The van der Waals surface area contributed by atoms with Crippen LogP contribution in [0.5, 0.6) is 0 Å². The van der Waals surface area contributed by atoms with E-state index in [1.54, 1.807) is 31.2 Å². The normalized spacial score (nSPS) is 14.0. The Balaban J connectivity index is 2.75. The summed E-state index contributed by atoms with van der Waals surface area (Å²) in [5.74, 6) is 0. The van der Waals surface area contributed by atoms with Crippen LogP contribution in [0.4, 0.5) is 0 Å². The fourth-order valence-corrected chi connectivity index (χ4v) is 1.66. The van der Waals surface area contributed by atoms with Gasteiger partial charge in [-0.05, 0) is 24.6 Å². The molecule has 14 heavy (non-hydrogen) atoms. The molecule has 0 heterocycles. The second kappa shape index (κ2) is 4.43. The summed E-state index contributed by atoms with van der Waals surface area (Å²) in [6.07, 6.45) is -0.659. The van der Waals surface area contributed by atoms with E-state index in [2.05, 4.69) is 4.52 Å². The van der Waals surface area contributed by atoms with Gasteiger partial charge in [-0.25, -0.2) is 4.57 Å². The van der Waals surface area contributed by atoms with Crippen molar-refractivity contribution >= 4 is 19.4 Å². The Bertz CT molecular complexity index is 345. The third-order valence-electron chi connectivity index (χ3n) is 1.63. The lowest BCUT2D eigenvalue weighted by atomic mass is 10.1. The summed E-state index contributed by atoms with van der Waals surface area (Å²) in [7, 11) is -4.43. The zero-order chi connectivity index (χ0) is 10.8. The molecule has 0 aromatic heterocycles. The maximum atomic E-state index is 10.5. The first-order chi connectivity index (χ1) is 6.38. The highest BCUT2D eigenvalue weighted by molar-refractivity contribution is 7.46. The fourth-order valence-electron chi connectivity index (χ4n) is 1.00. The van der Waals surface area contributed by atoms with Crippen LogP contribution in [0.1, 0.15) is 18.6 Å². The highest BCUT2D eigenvalue weighted by Gasteiger charge is 2.19. The van der Waals surface area contributed by atoms with Crippen LogP contribution in [0.2, 0.25) is 5.02 Å². The topological polar surface area (TPSA) is 66.8 Å². The van der Waals surface area contributed by atoms with E-state index in [-0.39, 0.29) is 0 Å². The van der Waals surface area contributed by atoms with Gasteiger partial charge in [-0.1, -0.05) is 23.7 Å². The molecule has 1 atom stereocenters. The molecule has 0 aliphatic rings. The lowest BCUT2D eigenvalue weighted by Gasteiger charge is -2.13. The molecule has 0 aliphatic heterocycles. The molecule has 2 N–H and O–H groups in total. The number of hydrogen-bond donors (Lipinski definition) is 2. The summed E-state index contributed by atoms with van der Waals surface area (Å²) in [5.41, 5.74) is 0.665. The molecule has 6 heteroatoms. The van der Waals surface area contributed by atoms with E-state index in [9.17, 15) is 4.57 Å². The van der Waals surface area contributed by atoms with Gasteiger partial charge >= 0.3 is 7.82 Å². The van der Waals surface area contributed by atoms with Crippen molar-refractivity contribution in [1.82, 2.24) is 0 Å². The summed E-state index contributed by atoms with van der Waals surface area (Å²) in [4.78, 5) is 17.1. The predicted octanol–water partition coefficient (Wildman–Crippen LogP) is 2.51. The van der Waals surface area contributed by atoms with Gasteiger partial charge in [-0.15, -0.1) is 0 Å². The minimum absolute atomic E-state index is 0.567. The Kier molecular flexibility index (Phi) is 3.70. The molecule has 78 valence electrons. The molecule has 0 fully saturated rings. The number of rotatable bonds is 3. The Hall–Kier alpha value is -0.380. The molecule has 0 saturated carbocycles. The Morgan fingerprint density at radius 1 is 1.36 bits per heavy atom. The third kappa shape index (κ3) is 3.78. The van der Waals surface area contributed by atoms with Gasteiger partial charge in [0.05, 0.1) is 6.10 Å². The molecule has 1 aromatic rings. The lowest BCUT2D eigenvalue weighted by Crippen LogP contribution is -1.97. The maximum absolute atomic E-state index is 10.5. The lowest BCUT2D eigenvalue weighted by molar-refractivity contribution is 0.146. The van der Waals surface area contributed by atoms with E-state index in [4.69, 9.17) is 21.4 Å². The zero-order valence-electron chi connectivity index (χ0n) is 7.42. The largest absolute Gasteiger partial charge is 0.470 e. The van der Waals surface area contributed by atoms with Gasteiger partial charge in [0, 0.05) is 5.02 Å². The molecule has 0 amide bonds. The van der Waals surface area contributed by atoms with E-state index in [1.807, 2.05) is 0 Å². The molecular weight excluding hydrogens is 227 g/mol. The summed E-state index contributed by atoms with van der Waals surface area (Å²) in [6, 6.07) is 6.58. The van der Waals surface area contributed by atoms with Gasteiger partial charge < -0.3 is 9.79 Å². The van der Waals surface area contributed by atoms with Crippen molar-refractivity contribution in [3.8, 4) is 0 Å². The van der Waals surface area contributed by atoms with Crippen LogP contribution in [-0.2, 0) is 9.09 Å². The Morgan fingerprint density at radius 2 is 1.86 bits per heavy atom. The van der Waals surface area contributed by atoms with Gasteiger partial charge in [0.1, 0.15) is 0 Å². The van der Waals surface area contributed by atoms with Crippen molar-refractivity contribution in [2.75, 3.05) is 0 Å². The number of halogens is 1. The molecule has 0 aliphatic carbocycles. The van der Waals surface area contributed by atoms with Crippen molar-refractivity contribution in [2.45, 2.75) is 13.0 Å². The van der Waals surface area contributed by atoms with Crippen molar-refractivity contribution in [3.05, 3.63) is 34.9 Å². The number of phosphoric acid groups is 1. The highest BCUT2D eigenvalue weighted by Crippen LogP contribution is 2.42. The molecule has 0 radical (unpaired) electrons. The van der Waals surface area contributed by atoms with E-state index in [0.29, 0.717) is 10.6 Å². The van der Waals surface area contributed by atoms with E-state index >= 15 is 0 Å². The number of phosphoric ester groups is 1. The highest BCUT2D eigenvalue weighted by atomic mass is 35.5. The first-order valence-corrected chi connectivity index (χ1v) is 5.79. The average Bonchev–Trinajstić information content (AvgIpc) is 2.02. The Labute approximate surface area is 86.7 Å². The SMILES string of the molecule is CC(OP(=O)(O)O)c1ccc(Cl)cc1. The molecule has 1 rings (SSSR count). The predicted molar refractivity (Wildman–Crippen MR) is 53.0 cm³/mol. The molecule has 4 nitrogen and oxygen atoms in total. The minimum atomic E-state index is -4.43. The van der Waals surface area contributed by atoms with Crippen molar-refractivity contribution in [1.29, 1.82) is 0 Å². The molecule has 0 saturated heterocycles. The first kappa shape index (κ1) is 11.7. The van der Waals surface area contributed by atoms with Crippen molar-refractivity contribution in [3.63, 3.8) is 0 Å². The van der Waals surface area contributed by atoms with E-state index in [1.165, 1.54) is 0 Å². The summed E-state index contributed by atoms with van der Waals surface area (Å²) < 4.78 is 15.0. The summed E-state index contributed by atoms with van der Waals surface area (Å²) in [6.45, 7) is 1.56. The second-order valence-electron chi connectivity index (χ2n) is 2.79. The summed E-state index contributed by atoms with van der Waals surface area (Å²) >= 11 is 5.66. The molecule has 1 aromatic carbocycles. The quantitative estimate of drug-likeness (QED) is 0.792. The molecular formula is C8H10ClO4P. The van der Waals surface area contributed by atoms with Crippen LogP contribution in [0, 0.1) is 0 Å². The van der Waals surface area contributed by atoms with Gasteiger partial charge in [-0.3, -0.25) is 4.52 Å². The zero-order valence-corrected chi connectivity index (χ0v) is 9.07. The maximum Gasteiger partial charge on any atom is 0.470 e. The second-order valence-corrected chi connectivity index (χ2v) is 4.42. The molecule has 1 unspecified atom stereocenters. The van der Waals surface area contributed by atoms with E-state index in [0.717, 1.165) is 0 Å². The number of benzene rings is 1. The van der Waals surface area contributed by atoms with Gasteiger partial charge in [0.25, 0.3) is 0 Å². The average molecular weight is 237 g/mol. The number of hydrogen-bond acceptors (Lipinski definition) is 2. The van der Waals surface area contributed by atoms with Gasteiger partial charge in [-0.2, -0.15) is 0 Å². The van der Waals surface area contributed by atoms with Crippen molar-refractivity contribution < 1.29 is 18.9 Å². The van der Waals surface area contributed by atoms with Crippen LogP contribution in [0.15, 0.2) is 24.3 Å². The first-order valence-electron chi connectivity index (χ1n) is 3.88. The van der Waals surface area contributed by atoms with Gasteiger partial charge in [0.15, 0.2) is 0 Å². The minimum Gasteiger partial charge on any atom is -0.303 e. The van der Waals surface area contributed by atoms with Crippen LogP contribution >= 0.6 is 19.4 Å². The molecule has 0 spiro atoms. The van der Waals surface area contributed by atoms with Crippen LogP contribution in [0.3, 0.4) is 0 Å².